The van der Waals surface area contributed by atoms with Crippen LogP contribution in [0, 0.1) is 0 Å². The second-order valence-electron chi connectivity index (χ2n) is 6.57. The van der Waals surface area contributed by atoms with Crippen molar-refractivity contribution in [3.05, 3.63) is 35.4 Å². The Morgan fingerprint density at radius 1 is 1.04 bits per heavy atom. The van der Waals surface area contributed by atoms with Crippen LogP contribution in [0.5, 0.6) is 5.75 Å². The van der Waals surface area contributed by atoms with Crippen molar-refractivity contribution >= 4 is 19.0 Å². The van der Waals surface area contributed by atoms with Gasteiger partial charge in [0.1, 0.15) is 5.75 Å². The highest BCUT2D eigenvalue weighted by atomic mass is 32.1. The van der Waals surface area contributed by atoms with E-state index in [-0.39, 0.29) is 0 Å². The fraction of sp³-hybridized carbons (Fsp3) is 0.619. The summed E-state index contributed by atoms with van der Waals surface area (Å²) in [5.41, 5.74) is 5.09. The van der Waals surface area contributed by atoms with Crippen molar-refractivity contribution in [3.8, 4) is 5.75 Å². The van der Waals surface area contributed by atoms with E-state index in [2.05, 4.69) is 63.9 Å². The summed E-state index contributed by atoms with van der Waals surface area (Å²) in [4.78, 5) is 4.47. The molecular formula is C21H35NO4S. The van der Waals surface area contributed by atoms with Crippen LogP contribution >= 0.6 is 12.9 Å². The van der Waals surface area contributed by atoms with Gasteiger partial charge in [-0.15, -0.1) is 9.32 Å². The van der Waals surface area contributed by atoms with Crippen molar-refractivity contribution in [1.29, 1.82) is 0 Å². The highest BCUT2D eigenvalue weighted by Crippen LogP contribution is 2.23. The Morgan fingerprint density at radius 2 is 1.81 bits per heavy atom. The molecule has 1 rings (SSSR count). The zero-order chi connectivity index (χ0) is 19.6. The van der Waals surface area contributed by atoms with Gasteiger partial charge in [0.15, 0.2) is 0 Å². The lowest BCUT2D eigenvalue weighted by molar-refractivity contribution is -0.485. The molecule has 0 aliphatic rings. The number of hydrogen-bond acceptors (Lipinski definition) is 6. The molecular weight excluding hydrogens is 362 g/mol. The summed E-state index contributed by atoms with van der Waals surface area (Å²) in [6.07, 6.45) is 15.4. The zero-order valence-electron chi connectivity index (χ0n) is 16.7. The fourth-order valence-corrected chi connectivity index (χ4v) is 2.92. The van der Waals surface area contributed by atoms with Crippen molar-refractivity contribution in [1.82, 2.24) is 5.48 Å². The minimum Gasteiger partial charge on any atom is -0.493 e. The van der Waals surface area contributed by atoms with Crippen molar-refractivity contribution < 1.29 is 19.1 Å². The molecule has 1 N–H and O–H groups in total. The number of benzene rings is 1. The van der Waals surface area contributed by atoms with Crippen molar-refractivity contribution in [2.45, 2.75) is 71.6 Å². The van der Waals surface area contributed by atoms with E-state index in [0.29, 0.717) is 13.2 Å². The molecule has 0 atom stereocenters. The number of ether oxygens (including phenoxy) is 1. The van der Waals surface area contributed by atoms with Crippen LogP contribution in [-0.4, -0.2) is 13.2 Å². The molecule has 0 aliphatic heterocycles. The number of hydroxylamine groups is 1. The van der Waals surface area contributed by atoms with E-state index >= 15 is 0 Å². The molecule has 27 heavy (non-hydrogen) atoms. The molecule has 0 saturated carbocycles. The van der Waals surface area contributed by atoms with E-state index in [1.165, 1.54) is 50.5 Å². The van der Waals surface area contributed by atoms with Crippen LogP contribution in [0.4, 0.5) is 0 Å². The molecule has 0 heterocycles. The molecule has 0 fully saturated rings. The Bertz CT molecular complexity index is 511. The highest BCUT2D eigenvalue weighted by molar-refractivity contribution is 7.74. The monoisotopic (exact) mass is 397 g/mol. The quantitative estimate of drug-likeness (QED) is 0.111. The fourth-order valence-electron chi connectivity index (χ4n) is 2.89. The number of unbranched alkanes of at least 4 members (excludes halogenated alkanes) is 6. The second kappa shape index (κ2) is 17.1. The summed E-state index contributed by atoms with van der Waals surface area (Å²) in [7, 11) is 0. The van der Waals surface area contributed by atoms with Crippen molar-refractivity contribution in [2.24, 2.45) is 0 Å². The van der Waals surface area contributed by atoms with Crippen molar-refractivity contribution in [3.63, 3.8) is 0 Å². The van der Waals surface area contributed by atoms with Gasteiger partial charge in [-0.25, -0.2) is 0 Å². The van der Waals surface area contributed by atoms with E-state index in [1.807, 2.05) is 13.0 Å². The molecule has 1 aromatic rings. The molecule has 0 unspecified atom stereocenters. The van der Waals surface area contributed by atoms with E-state index in [0.717, 1.165) is 24.2 Å². The van der Waals surface area contributed by atoms with Crippen LogP contribution in [0.25, 0.3) is 6.08 Å². The number of aryl methyl sites for hydroxylation is 1. The molecule has 1 aromatic carbocycles. The third-order valence-electron chi connectivity index (χ3n) is 4.29. The minimum absolute atomic E-state index is 0.576. The van der Waals surface area contributed by atoms with Crippen LogP contribution in [0.15, 0.2) is 24.3 Å². The van der Waals surface area contributed by atoms with Gasteiger partial charge >= 0.3 is 0 Å². The zero-order valence-corrected chi connectivity index (χ0v) is 17.6. The molecule has 6 heteroatoms. The van der Waals surface area contributed by atoms with Gasteiger partial charge in [0.25, 0.3) is 0 Å². The summed E-state index contributed by atoms with van der Waals surface area (Å²) >= 11 is 3.38. The van der Waals surface area contributed by atoms with Gasteiger partial charge in [-0.2, -0.15) is 5.48 Å². The largest absolute Gasteiger partial charge is 0.493 e. The van der Waals surface area contributed by atoms with E-state index in [4.69, 9.17) is 4.74 Å². The molecule has 154 valence electrons. The van der Waals surface area contributed by atoms with Gasteiger partial charge in [0, 0.05) is 25.0 Å². The first-order chi connectivity index (χ1) is 13.3. The van der Waals surface area contributed by atoms with Crippen LogP contribution in [-0.2, 0) is 20.8 Å². The first-order valence-corrected chi connectivity index (χ1v) is 10.4. The van der Waals surface area contributed by atoms with Gasteiger partial charge in [0.2, 0.25) is 0 Å². The van der Waals surface area contributed by atoms with Crippen LogP contribution < -0.4 is 10.2 Å². The molecule has 0 spiro atoms. The third kappa shape index (κ3) is 12.1. The summed E-state index contributed by atoms with van der Waals surface area (Å²) in [5.74, 6) is 0.910. The van der Waals surface area contributed by atoms with Crippen LogP contribution in [0.2, 0.25) is 0 Å². The number of rotatable bonds is 17. The van der Waals surface area contributed by atoms with E-state index < -0.39 is 0 Å². The number of nitrogens with one attached hydrogen (secondary N) is 1. The lowest BCUT2D eigenvalue weighted by Crippen LogP contribution is -2.17. The van der Waals surface area contributed by atoms with Gasteiger partial charge in [-0.05, 0) is 48.9 Å². The molecule has 0 aliphatic carbocycles. The molecule has 0 radical (unpaired) electrons. The topological polar surface area (TPSA) is 49.0 Å². The average Bonchev–Trinajstić information content (AvgIpc) is 2.68. The van der Waals surface area contributed by atoms with Gasteiger partial charge in [-0.3, -0.25) is 0 Å². The summed E-state index contributed by atoms with van der Waals surface area (Å²) < 4.78 is 9.90. The van der Waals surface area contributed by atoms with Crippen molar-refractivity contribution in [2.75, 3.05) is 13.2 Å². The Labute approximate surface area is 169 Å². The SMILES string of the molecule is C/C=C/c1cc(CCCCCCCCC)ccc1OCCCNOOOS. The predicted octanol–water partition coefficient (Wildman–Crippen LogP) is 6.01. The Kier molecular flexibility index (Phi) is 15.2. The Balaban J connectivity index is 2.33. The van der Waals surface area contributed by atoms with Crippen LogP contribution in [0.3, 0.4) is 0 Å². The first-order valence-electron chi connectivity index (χ1n) is 10.1. The first kappa shape index (κ1) is 24.0. The maximum absolute atomic E-state index is 5.90. The molecule has 0 amide bonds. The Hall–Kier alpha value is -1.05. The standard InChI is InChI=1S/C21H35NO4S/c1-3-5-6-7-8-9-10-13-19-14-15-21(20(18-19)12-4-2)23-17-11-16-22-24-25-26-27/h4,12,14-15,18,22,27H,3,5-11,13,16-17H2,1-2H3/b12-4+. The minimum atomic E-state index is 0.576. The third-order valence-corrected chi connectivity index (χ3v) is 4.35. The van der Waals surface area contributed by atoms with Crippen LogP contribution in [0.1, 0.15) is 76.3 Å². The normalized spacial score (nSPS) is 11.4. The smallest absolute Gasteiger partial charge is 0.126 e. The maximum atomic E-state index is 5.90. The molecule has 0 bridgehead atoms. The molecule has 0 aromatic heterocycles. The highest BCUT2D eigenvalue weighted by Gasteiger charge is 2.04. The second-order valence-corrected chi connectivity index (χ2v) is 6.71. The Morgan fingerprint density at radius 3 is 2.56 bits per heavy atom. The molecule has 0 saturated heterocycles. The van der Waals surface area contributed by atoms with E-state index in [9.17, 15) is 0 Å². The predicted molar refractivity (Wildman–Crippen MR) is 113 cm³/mol. The number of hydrogen-bond donors (Lipinski definition) is 2. The van der Waals surface area contributed by atoms with Gasteiger partial charge < -0.3 is 4.74 Å². The summed E-state index contributed by atoms with van der Waals surface area (Å²) in [6, 6.07) is 6.50. The van der Waals surface area contributed by atoms with Gasteiger partial charge in [-0.1, -0.05) is 63.7 Å². The van der Waals surface area contributed by atoms with E-state index in [1.54, 1.807) is 0 Å². The number of thiol groups is 1. The number of allylic oxidation sites excluding steroid dienone is 1. The average molecular weight is 398 g/mol. The summed E-state index contributed by atoms with van der Waals surface area (Å²) in [6.45, 7) is 5.44. The summed E-state index contributed by atoms with van der Waals surface area (Å²) in [5, 5.41) is 4.13. The maximum Gasteiger partial charge on any atom is 0.126 e. The lowest BCUT2D eigenvalue weighted by atomic mass is 10.0. The molecule has 5 nitrogen and oxygen atoms in total. The lowest BCUT2D eigenvalue weighted by Gasteiger charge is -2.11. The van der Waals surface area contributed by atoms with Gasteiger partial charge in [0.05, 0.1) is 6.61 Å².